The van der Waals surface area contributed by atoms with E-state index < -0.39 is 11.5 Å². The van der Waals surface area contributed by atoms with Crippen molar-refractivity contribution in [2.45, 2.75) is 26.3 Å². The zero-order chi connectivity index (χ0) is 10.2. The molecule has 0 radical (unpaired) electrons. The van der Waals surface area contributed by atoms with Gasteiger partial charge in [-0.05, 0) is 32.4 Å². The Labute approximate surface area is 81.2 Å². The molecule has 72 valence electrons. The van der Waals surface area contributed by atoms with Crippen LogP contribution in [-0.2, 0) is 10.3 Å². The SMILES string of the molecule is Cc1cc(C(C)(N)C(=O)O)c(C)s1. The molecule has 1 rings (SSSR count). The van der Waals surface area contributed by atoms with Crippen LogP contribution in [0.25, 0.3) is 0 Å². The lowest BCUT2D eigenvalue weighted by atomic mass is 9.94. The van der Waals surface area contributed by atoms with E-state index in [2.05, 4.69) is 0 Å². The third-order valence-corrected chi connectivity index (χ3v) is 3.01. The molecule has 3 nitrogen and oxygen atoms in total. The van der Waals surface area contributed by atoms with E-state index in [9.17, 15) is 4.79 Å². The molecule has 0 saturated carbocycles. The Balaban J connectivity index is 3.21. The summed E-state index contributed by atoms with van der Waals surface area (Å²) in [4.78, 5) is 12.9. The molecule has 0 fully saturated rings. The van der Waals surface area contributed by atoms with Crippen LogP contribution in [0.15, 0.2) is 6.07 Å². The predicted octanol–water partition coefficient (Wildman–Crippen LogP) is 1.62. The smallest absolute Gasteiger partial charge is 0.328 e. The fraction of sp³-hybridized carbons (Fsp3) is 0.444. The number of aliphatic carboxylic acids is 1. The number of hydrogen-bond donors (Lipinski definition) is 2. The minimum atomic E-state index is -1.27. The first-order valence-corrected chi connectivity index (χ1v) is 4.77. The Bertz CT molecular complexity index is 341. The Morgan fingerprint density at radius 1 is 1.62 bits per heavy atom. The molecule has 1 heterocycles. The molecule has 0 saturated heterocycles. The lowest BCUT2D eigenvalue weighted by Gasteiger charge is -2.18. The second-order valence-electron chi connectivity index (χ2n) is 3.33. The average Bonchev–Trinajstić information content (AvgIpc) is 2.30. The quantitative estimate of drug-likeness (QED) is 0.760. The lowest BCUT2D eigenvalue weighted by Crippen LogP contribution is -2.41. The molecule has 0 aromatic carbocycles. The Hall–Kier alpha value is -0.870. The van der Waals surface area contributed by atoms with Crippen molar-refractivity contribution in [2.75, 3.05) is 0 Å². The average molecular weight is 199 g/mol. The number of nitrogens with two attached hydrogens (primary N) is 1. The molecule has 1 atom stereocenters. The van der Waals surface area contributed by atoms with E-state index in [1.807, 2.05) is 19.9 Å². The van der Waals surface area contributed by atoms with Gasteiger partial charge in [-0.3, -0.25) is 0 Å². The van der Waals surface area contributed by atoms with Crippen molar-refractivity contribution in [3.63, 3.8) is 0 Å². The molecular weight excluding hydrogens is 186 g/mol. The van der Waals surface area contributed by atoms with Gasteiger partial charge in [-0.25, -0.2) is 4.79 Å². The summed E-state index contributed by atoms with van der Waals surface area (Å²) in [6.07, 6.45) is 0. The van der Waals surface area contributed by atoms with E-state index in [1.165, 1.54) is 6.92 Å². The van der Waals surface area contributed by atoms with Gasteiger partial charge in [0.2, 0.25) is 0 Å². The summed E-state index contributed by atoms with van der Waals surface area (Å²) >= 11 is 1.57. The molecule has 13 heavy (non-hydrogen) atoms. The lowest BCUT2D eigenvalue weighted by molar-refractivity contribution is -0.143. The highest BCUT2D eigenvalue weighted by molar-refractivity contribution is 7.12. The highest BCUT2D eigenvalue weighted by Gasteiger charge is 2.32. The van der Waals surface area contributed by atoms with E-state index in [1.54, 1.807) is 11.3 Å². The molecule has 0 amide bonds. The summed E-state index contributed by atoms with van der Waals surface area (Å²) in [5.41, 5.74) is 5.14. The fourth-order valence-electron chi connectivity index (χ4n) is 1.26. The first-order chi connectivity index (χ1) is 5.85. The predicted molar refractivity (Wildman–Crippen MR) is 53.0 cm³/mol. The zero-order valence-corrected chi connectivity index (χ0v) is 8.73. The van der Waals surface area contributed by atoms with Crippen LogP contribution in [0.4, 0.5) is 0 Å². The third kappa shape index (κ3) is 1.73. The Morgan fingerprint density at radius 2 is 2.15 bits per heavy atom. The number of aryl methyl sites for hydroxylation is 2. The van der Waals surface area contributed by atoms with Gasteiger partial charge in [0, 0.05) is 9.75 Å². The molecule has 4 heteroatoms. The van der Waals surface area contributed by atoms with Crippen LogP contribution in [0.5, 0.6) is 0 Å². The standard InChI is InChI=1S/C9H13NO2S/c1-5-4-7(6(2)13-5)9(3,10)8(11)12/h4H,10H2,1-3H3,(H,11,12). The molecule has 0 aliphatic rings. The number of carboxylic acid groups (broad SMARTS) is 1. The molecule has 0 aliphatic heterocycles. The second-order valence-corrected chi connectivity index (χ2v) is 4.79. The van der Waals surface area contributed by atoms with Crippen molar-refractivity contribution in [3.8, 4) is 0 Å². The van der Waals surface area contributed by atoms with Gasteiger partial charge >= 0.3 is 5.97 Å². The van der Waals surface area contributed by atoms with Crippen LogP contribution in [-0.4, -0.2) is 11.1 Å². The van der Waals surface area contributed by atoms with Gasteiger partial charge in [-0.1, -0.05) is 0 Å². The summed E-state index contributed by atoms with van der Waals surface area (Å²) in [5.74, 6) is -0.992. The minimum Gasteiger partial charge on any atom is -0.480 e. The topological polar surface area (TPSA) is 63.3 Å². The minimum absolute atomic E-state index is 0.711. The van der Waals surface area contributed by atoms with Crippen LogP contribution < -0.4 is 5.73 Å². The van der Waals surface area contributed by atoms with Gasteiger partial charge in [-0.15, -0.1) is 11.3 Å². The maximum atomic E-state index is 10.9. The fourth-order valence-corrected chi connectivity index (χ4v) is 2.30. The van der Waals surface area contributed by atoms with E-state index in [0.717, 1.165) is 9.75 Å². The summed E-state index contributed by atoms with van der Waals surface area (Å²) in [5, 5.41) is 8.91. The number of hydrogen-bond acceptors (Lipinski definition) is 3. The van der Waals surface area contributed by atoms with Gasteiger partial charge in [0.25, 0.3) is 0 Å². The van der Waals surface area contributed by atoms with Crippen molar-refractivity contribution in [1.82, 2.24) is 0 Å². The normalized spacial score (nSPS) is 15.4. The van der Waals surface area contributed by atoms with Crippen molar-refractivity contribution >= 4 is 17.3 Å². The summed E-state index contributed by atoms with van der Waals surface area (Å²) in [6.45, 7) is 5.35. The Kier molecular flexibility index (Phi) is 2.45. The summed E-state index contributed by atoms with van der Waals surface area (Å²) in [7, 11) is 0. The van der Waals surface area contributed by atoms with Crippen LogP contribution in [0.1, 0.15) is 22.2 Å². The van der Waals surface area contributed by atoms with E-state index >= 15 is 0 Å². The molecule has 3 N–H and O–H groups in total. The van der Waals surface area contributed by atoms with Gasteiger partial charge in [0.15, 0.2) is 0 Å². The van der Waals surface area contributed by atoms with Crippen LogP contribution in [0, 0.1) is 13.8 Å². The molecule has 0 aliphatic carbocycles. The first-order valence-electron chi connectivity index (χ1n) is 3.95. The summed E-state index contributed by atoms with van der Waals surface area (Å²) < 4.78 is 0. The van der Waals surface area contributed by atoms with Crippen LogP contribution >= 0.6 is 11.3 Å². The van der Waals surface area contributed by atoms with Crippen molar-refractivity contribution in [3.05, 3.63) is 21.4 Å². The van der Waals surface area contributed by atoms with Gasteiger partial charge < -0.3 is 10.8 Å². The molecule has 1 aromatic rings. The van der Waals surface area contributed by atoms with E-state index in [0.29, 0.717) is 5.56 Å². The van der Waals surface area contributed by atoms with Crippen LogP contribution in [0.3, 0.4) is 0 Å². The maximum Gasteiger partial charge on any atom is 0.328 e. The van der Waals surface area contributed by atoms with E-state index in [4.69, 9.17) is 10.8 Å². The second kappa shape index (κ2) is 3.12. The molecular formula is C9H13NO2S. The molecule has 1 unspecified atom stereocenters. The van der Waals surface area contributed by atoms with Crippen molar-refractivity contribution in [1.29, 1.82) is 0 Å². The highest BCUT2D eigenvalue weighted by atomic mass is 32.1. The van der Waals surface area contributed by atoms with E-state index in [-0.39, 0.29) is 0 Å². The Morgan fingerprint density at radius 3 is 2.46 bits per heavy atom. The number of carbonyl (C=O) groups is 1. The third-order valence-electron chi connectivity index (χ3n) is 2.04. The largest absolute Gasteiger partial charge is 0.480 e. The van der Waals surface area contributed by atoms with Crippen molar-refractivity contribution in [2.24, 2.45) is 5.73 Å². The zero-order valence-electron chi connectivity index (χ0n) is 7.92. The molecule has 0 bridgehead atoms. The van der Waals surface area contributed by atoms with Gasteiger partial charge in [0.05, 0.1) is 0 Å². The van der Waals surface area contributed by atoms with Gasteiger partial charge in [-0.2, -0.15) is 0 Å². The molecule has 1 aromatic heterocycles. The van der Waals surface area contributed by atoms with Crippen molar-refractivity contribution < 1.29 is 9.90 Å². The summed E-state index contributed by atoms with van der Waals surface area (Å²) in [6, 6.07) is 1.84. The highest BCUT2D eigenvalue weighted by Crippen LogP contribution is 2.28. The number of thiophene rings is 1. The first kappa shape index (κ1) is 10.2. The molecule has 0 spiro atoms. The number of carboxylic acids is 1. The monoisotopic (exact) mass is 199 g/mol. The maximum absolute atomic E-state index is 10.9. The van der Waals surface area contributed by atoms with Crippen LogP contribution in [0.2, 0.25) is 0 Å². The number of rotatable bonds is 2. The van der Waals surface area contributed by atoms with Gasteiger partial charge in [0.1, 0.15) is 5.54 Å².